The van der Waals surface area contributed by atoms with Crippen molar-refractivity contribution in [3.05, 3.63) is 12.2 Å². The van der Waals surface area contributed by atoms with Crippen LogP contribution in [0.2, 0.25) is 0 Å². The maximum Gasteiger partial charge on any atom is 0.0664 e. The maximum absolute atomic E-state index is 9.29. The summed E-state index contributed by atoms with van der Waals surface area (Å²) >= 11 is 5.43. The molecule has 0 aromatic carbocycles. The predicted octanol–water partition coefficient (Wildman–Crippen LogP) is 1.53. The number of alkyl halides is 1. The molecule has 3 heteroatoms. The van der Waals surface area contributed by atoms with E-state index in [4.69, 9.17) is 11.6 Å². The first-order chi connectivity index (χ1) is 5.81. The van der Waals surface area contributed by atoms with Crippen molar-refractivity contribution in [2.75, 3.05) is 19.0 Å². The van der Waals surface area contributed by atoms with Gasteiger partial charge in [0.2, 0.25) is 0 Å². The van der Waals surface area contributed by atoms with Crippen molar-refractivity contribution in [3.63, 3.8) is 0 Å². The molecule has 0 saturated carbocycles. The van der Waals surface area contributed by atoms with Crippen molar-refractivity contribution in [1.82, 2.24) is 5.32 Å². The lowest BCUT2D eigenvalue weighted by Crippen LogP contribution is -2.26. The third kappa shape index (κ3) is 8.05. The van der Waals surface area contributed by atoms with Crippen molar-refractivity contribution >= 4 is 11.6 Å². The quantitative estimate of drug-likeness (QED) is 0.364. The Morgan fingerprint density at radius 3 is 2.83 bits per heavy atom. The first-order valence-corrected chi connectivity index (χ1v) is 4.94. The number of rotatable bonds is 7. The molecule has 0 amide bonds. The van der Waals surface area contributed by atoms with Gasteiger partial charge in [0.15, 0.2) is 0 Å². The van der Waals surface area contributed by atoms with Gasteiger partial charge in [-0.25, -0.2) is 0 Å². The van der Waals surface area contributed by atoms with Crippen LogP contribution < -0.4 is 5.32 Å². The van der Waals surface area contributed by atoms with Gasteiger partial charge in [0.25, 0.3) is 0 Å². The lowest BCUT2D eigenvalue weighted by molar-refractivity contribution is 0.162. The van der Waals surface area contributed by atoms with Gasteiger partial charge in [0, 0.05) is 19.0 Å². The zero-order valence-corrected chi connectivity index (χ0v) is 8.35. The standard InChI is InChI=1S/C9H18ClNO/c1-2-5-9(12)8-11-7-4-3-6-10/h3-4,9,11-12H,2,5-8H2,1H3/b4-3+. The third-order valence-corrected chi connectivity index (χ3v) is 1.70. The van der Waals surface area contributed by atoms with Crippen LogP contribution in [0.5, 0.6) is 0 Å². The van der Waals surface area contributed by atoms with Gasteiger partial charge in [-0.1, -0.05) is 25.5 Å². The van der Waals surface area contributed by atoms with Crippen LogP contribution in [0.25, 0.3) is 0 Å². The third-order valence-electron chi connectivity index (χ3n) is 1.52. The molecule has 0 rings (SSSR count). The molecular formula is C9H18ClNO. The molecule has 0 aliphatic heterocycles. The first-order valence-electron chi connectivity index (χ1n) is 4.41. The summed E-state index contributed by atoms with van der Waals surface area (Å²) in [4.78, 5) is 0. The molecule has 0 aliphatic carbocycles. The van der Waals surface area contributed by atoms with Crippen LogP contribution in [-0.4, -0.2) is 30.2 Å². The van der Waals surface area contributed by atoms with Crippen LogP contribution in [0.4, 0.5) is 0 Å². The molecular weight excluding hydrogens is 174 g/mol. The summed E-state index contributed by atoms with van der Waals surface area (Å²) in [5.74, 6) is 0.555. The van der Waals surface area contributed by atoms with E-state index in [1.165, 1.54) is 0 Å². The second-order valence-corrected chi connectivity index (χ2v) is 3.04. The molecule has 0 spiro atoms. The molecule has 0 aromatic heterocycles. The van der Waals surface area contributed by atoms with Gasteiger partial charge >= 0.3 is 0 Å². The van der Waals surface area contributed by atoms with Crippen molar-refractivity contribution < 1.29 is 5.11 Å². The molecule has 2 N–H and O–H groups in total. The fraction of sp³-hybridized carbons (Fsp3) is 0.778. The van der Waals surface area contributed by atoms with E-state index in [1.807, 2.05) is 12.2 Å². The number of allylic oxidation sites excluding steroid dienone is 1. The summed E-state index contributed by atoms with van der Waals surface area (Å²) in [7, 11) is 0. The van der Waals surface area contributed by atoms with Crippen LogP contribution in [0.3, 0.4) is 0 Å². The predicted molar refractivity (Wildman–Crippen MR) is 53.6 cm³/mol. The second kappa shape index (κ2) is 9.04. The molecule has 0 saturated heterocycles. The Morgan fingerprint density at radius 2 is 2.25 bits per heavy atom. The van der Waals surface area contributed by atoms with Crippen LogP contribution >= 0.6 is 11.6 Å². The summed E-state index contributed by atoms with van der Waals surface area (Å²) in [5, 5.41) is 12.4. The molecule has 1 unspecified atom stereocenters. The van der Waals surface area contributed by atoms with Crippen molar-refractivity contribution in [3.8, 4) is 0 Å². The van der Waals surface area contributed by atoms with Crippen LogP contribution in [0, 0.1) is 0 Å². The van der Waals surface area contributed by atoms with Gasteiger partial charge in [0.1, 0.15) is 0 Å². The zero-order valence-electron chi connectivity index (χ0n) is 7.59. The second-order valence-electron chi connectivity index (χ2n) is 2.73. The number of nitrogens with one attached hydrogen (secondary N) is 1. The smallest absolute Gasteiger partial charge is 0.0664 e. The number of halogens is 1. The number of aliphatic hydroxyl groups excluding tert-OH is 1. The van der Waals surface area contributed by atoms with E-state index in [0.717, 1.165) is 19.4 Å². The Kier molecular flexibility index (Phi) is 9.00. The average molecular weight is 192 g/mol. The topological polar surface area (TPSA) is 32.3 Å². The first kappa shape index (κ1) is 11.9. The fourth-order valence-electron chi connectivity index (χ4n) is 0.915. The molecule has 0 radical (unpaired) electrons. The summed E-state index contributed by atoms with van der Waals surface area (Å²) in [6.45, 7) is 3.52. The molecule has 0 fully saturated rings. The lowest BCUT2D eigenvalue weighted by atomic mass is 10.2. The van der Waals surface area contributed by atoms with E-state index in [-0.39, 0.29) is 6.10 Å². The molecule has 0 aliphatic rings. The van der Waals surface area contributed by atoms with E-state index in [0.29, 0.717) is 12.4 Å². The Morgan fingerprint density at radius 1 is 1.50 bits per heavy atom. The van der Waals surface area contributed by atoms with Crippen molar-refractivity contribution in [2.45, 2.75) is 25.9 Å². The van der Waals surface area contributed by atoms with E-state index >= 15 is 0 Å². The van der Waals surface area contributed by atoms with Gasteiger partial charge < -0.3 is 10.4 Å². The minimum atomic E-state index is -0.209. The van der Waals surface area contributed by atoms with E-state index in [9.17, 15) is 5.11 Å². The number of aliphatic hydroxyl groups is 1. The van der Waals surface area contributed by atoms with Crippen LogP contribution in [-0.2, 0) is 0 Å². The van der Waals surface area contributed by atoms with Gasteiger partial charge in [-0.3, -0.25) is 0 Å². The molecule has 12 heavy (non-hydrogen) atoms. The Balaban J connectivity index is 3.13. The summed E-state index contributed by atoms with van der Waals surface area (Å²) in [5.41, 5.74) is 0. The highest BCUT2D eigenvalue weighted by atomic mass is 35.5. The lowest BCUT2D eigenvalue weighted by Gasteiger charge is -2.08. The highest BCUT2D eigenvalue weighted by Crippen LogP contribution is 1.93. The van der Waals surface area contributed by atoms with Gasteiger partial charge in [-0.05, 0) is 6.42 Å². The molecule has 0 heterocycles. The maximum atomic E-state index is 9.29. The number of hydrogen-bond donors (Lipinski definition) is 2. The largest absolute Gasteiger partial charge is 0.392 e. The van der Waals surface area contributed by atoms with Crippen LogP contribution in [0.1, 0.15) is 19.8 Å². The fourth-order valence-corrected chi connectivity index (χ4v) is 1.04. The Hall–Kier alpha value is -0.0500. The van der Waals surface area contributed by atoms with Crippen molar-refractivity contribution in [2.24, 2.45) is 0 Å². The summed E-state index contributed by atoms with van der Waals surface area (Å²) in [6, 6.07) is 0. The van der Waals surface area contributed by atoms with E-state index in [1.54, 1.807) is 0 Å². The van der Waals surface area contributed by atoms with Gasteiger partial charge in [-0.15, -0.1) is 11.6 Å². The summed E-state index contributed by atoms with van der Waals surface area (Å²) in [6.07, 6.45) is 5.54. The molecule has 72 valence electrons. The monoisotopic (exact) mass is 191 g/mol. The SMILES string of the molecule is CCCC(O)CNC/C=C/CCl. The minimum Gasteiger partial charge on any atom is -0.392 e. The minimum absolute atomic E-state index is 0.209. The van der Waals surface area contributed by atoms with E-state index in [2.05, 4.69) is 12.2 Å². The average Bonchev–Trinajstić information content (AvgIpc) is 2.05. The highest BCUT2D eigenvalue weighted by Gasteiger charge is 1.99. The van der Waals surface area contributed by atoms with E-state index < -0.39 is 0 Å². The summed E-state index contributed by atoms with van der Waals surface area (Å²) < 4.78 is 0. The molecule has 2 nitrogen and oxygen atoms in total. The normalized spacial score (nSPS) is 13.9. The molecule has 1 atom stereocenters. The molecule has 0 bridgehead atoms. The number of hydrogen-bond acceptors (Lipinski definition) is 2. The molecule has 0 aromatic rings. The van der Waals surface area contributed by atoms with Gasteiger partial charge in [0.05, 0.1) is 6.10 Å². The highest BCUT2D eigenvalue weighted by molar-refractivity contribution is 6.18. The van der Waals surface area contributed by atoms with Crippen LogP contribution in [0.15, 0.2) is 12.2 Å². The Labute approximate surface area is 79.6 Å². The van der Waals surface area contributed by atoms with Gasteiger partial charge in [-0.2, -0.15) is 0 Å². The Bertz CT molecular complexity index is 117. The van der Waals surface area contributed by atoms with Crippen molar-refractivity contribution in [1.29, 1.82) is 0 Å². The zero-order chi connectivity index (χ0) is 9.23.